The predicted molar refractivity (Wildman–Crippen MR) is 89.2 cm³/mol. The summed E-state index contributed by atoms with van der Waals surface area (Å²) < 4.78 is 6.01. The van der Waals surface area contributed by atoms with E-state index in [-0.39, 0.29) is 11.1 Å². The van der Waals surface area contributed by atoms with Crippen molar-refractivity contribution in [2.24, 2.45) is 0 Å². The number of halogens is 1. The highest BCUT2D eigenvalue weighted by Gasteiger charge is 2.19. The first-order valence-corrected chi connectivity index (χ1v) is 8.02. The summed E-state index contributed by atoms with van der Waals surface area (Å²) in [6, 6.07) is 6.36. The molecule has 23 heavy (non-hydrogen) atoms. The molecule has 118 valence electrons. The number of thiophene rings is 1. The Hall–Kier alpha value is -2.38. The molecule has 0 bridgehead atoms. The molecule has 0 aliphatic rings. The Morgan fingerprint density at radius 3 is 2.91 bits per heavy atom. The zero-order valence-electron chi connectivity index (χ0n) is 12.1. The number of hydrogen-bond acceptors (Lipinski definition) is 5. The molecule has 0 saturated carbocycles. The molecule has 2 N–H and O–H groups in total. The lowest BCUT2D eigenvalue weighted by Gasteiger charge is -2.03. The highest BCUT2D eigenvalue weighted by molar-refractivity contribution is 7.19. The highest BCUT2D eigenvalue weighted by atomic mass is 35.5. The van der Waals surface area contributed by atoms with Crippen LogP contribution in [-0.4, -0.2) is 16.0 Å². The van der Waals surface area contributed by atoms with Gasteiger partial charge in [-0.3, -0.25) is 9.59 Å². The molecule has 8 heteroatoms. The SMILES string of the molecule is CCc1c(NC(=O)c2cc[nH]c(=O)c2)noc1-c1ccc(Cl)s1. The van der Waals surface area contributed by atoms with Crippen LogP contribution in [0.5, 0.6) is 0 Å². The van der Waals surface area contributed by atoms with Gasteiger partial charge in [-0.25, -0.2) is 0 Å². The van der Waals surface area contributed by atoms with E-state index in [9.17, 15) is 9.59 Å². The van der Waals surface area contributed by atoms with E-state index < -0.39 is 5.91 Å². The minimum Gasteiger partial charge on any atom is -0.353 e. The van der Waals surface area contributed by atoms with Crippen LogP contribution in [0.3, 0.4) is 0 Å². The first-order valence-electron chi connectivity index (χ1n) is 6.83. The Labute approximate surface area is 140 Å². The zero-order valence-corrected chi connectivity index (χ0v) is 13.6. The van der Waals surface area contributed by atoms with Crippen molar-refractivity contribution in [3.05, 3.63) is 56.3 Å². The van der Waals surface area contributed by atoms with Crippen LogP contribution in [0.2, 0.25) is 4.34 Å². The number of pyridine rings is 1. The number of nitrogens with zero attached hydrogens (tertiary/aromatic N) is 1. The van der Waals surface area contributed by atoms with Gasteiger partial charge < -0.3 is 14.8 Å². The van der Waals surface area contributed by atoms with E-state index in [0.717, 1.165) is 10.4 Å². The zero-order chi connectivity index (χ0) is 16.4. The summed E-state index contributed by atoms with van der Waals surface area (Å²) in [5, 5.41) is 6.61. The predicted octanol–water partition coefficient (Wildman–Crippen LogP) is 3.56. The summed E-state index contributed by atoms with van der Waals surface area (Å²) in [7, 11) is 0. The molecule has 0 saturated heterocycles. The van der Waals surface area contributed by atoms with Gasteiger partial charge >= 0.3 is 0 Å². The second-order valence-electron chi connectivity index (χ2n) is 4.69. The average Bonchev–Trinajstić information content (AvgIpc) is 3.13. The Morgan fingerprint density at radius 1 is 1.43 bits per heavy atom. The summed E-state index contributed by atoms with van der Waals surface area (Å²) in [5.74, 6) is 0.512. The lowest BCUT2D eigenvalue weighted by Crippen LogP contribution is -2.16. The van der Waals surface area contributed by atoms with E-state index in [4.69, 9.17) is 16.1 Å². The number of carbonyl (C=O) groups excluding carboxylic acids is 1. The van der Waals surface area contributed by atoms with Crippen LogP contribution in [0, 0.1) is 0 Å². The van der Waals surface area contributed by atoms with E-state index in [0.29, 0.717) is 22.3 Å². The molecule has 0 unspecified atom stereocenters. The van der Waals surface area contributed by atoms with Crippen molar-refractivity contribution >= 4 is 34.7 Å². The quantitative estimate of drug-likeness (QED) is 0.753. The highest BCUT2D eigenvalue weighted by Crippen LogP contribution is 2.36. The van der Waals surface area contributed by atoms with Crippen LogP contribution in [0.1, 0.15) is 22.8 Å². The molecule has 0 spiro atoms. The monoisotopic (exact) mass is 349 g/mol. The van der Waals surface area contributed by atoms with Gasteiger partial charge in [-0.15, -0.1) is 11.3 Å². The normalized spacial score (nSPS) is 10.7. The maximum Gasteiger partial charge on any atom is 0.257 e. The number of aromatic amines is 1. The molecule has 3 heterocycles. The lowest BCUT2D eigenvalue weighted by atomic mass is 10.1. The van der Waals surface area contributed by atoms with E-state index in [1.165, 1.54) is 29.7 Å². The van der Waals surface area contributed by atoms with Crippen LogP contribution >= 0.6 is 22.9 Å². The Balaban J connectivity index is 1.90. The fraction of sp³-hybridized carbons (Fsp3) is 0.133. The number of aromatic nitrogens is 2. The minimum atomic E-state index is -0.421. The maximum absolute atomic E-state index is 12.2. The number of rotatable bonds is 4. The van der Waals surface area contributed by atoms with E-state index in [1.807, 2.05) is 13.0 Å². The van der Waals surface area contributed by atoms with Crippen LogP contribution < -0.4 is 10.9 Å². The molecule has 6 nitrogen and oxygen atoms in total. The van der Waals surface area contributed by atoms with Gasteiger partial charge in [0.2, 0.25) is 5.56 Å². The molecule has 0 aromatic carbocycles. The fourth-order valence-electron chi connectivity index (χ4n) is 2.13. The number of anilines is 1. The van der Waals surface area contributed by atoms with Crippen LogP contribution in [0.4, 0.5) is 5.82 Å². The molecule has 1 amide bonds. The molecule has 0 atom stereocenters. The Kier molecular flexibility index (Phi) is 4.31. The second kappa shape index (κ2) is 6.39. The summed E-state index contributed by atoms with van der Waals surface area (Å²) in [4.78, 5) is 26.8. The number of amides is 1. The van der Waals surface area contributed by atoms with E-state index >= 15 is 0 Å². The fourth-order valence-corrected chi connectivity index (χ4v) is 3.18. The van der Waals surface area contributed by atoms with Gasteiger partial charge in [0.25, 0.3) is 5.91 Å². The largest absolute Gasteiger partial charge is 0.353 e. The van der Waals surface area contributed by atoms with Gasteiger partial charge in [0.05, 0.1) is 9.21 Å². The summed E-state index contributed by atoms with van der Waals surface area (Å²) in [5.41, 5.74) is 0.684. The molecule has 3 aromatic rings. The van der Waals surface area contributed by atoms with Gasteiger partial charge in [0, 0.05) is 23.4 Å². The third-order valence-corrected chi connectivity index (χ3v) is 4.44. The van der Waals surface area contributed by atoms with Gasteiger partial charge in [0.1, 0.15) is 0 Å². The smallest absolute Gasteiger partial charge is 0.257 e. The van der Waals surface area contributed by atoms with Gasteiger partial charge in [-0.05, 0) is 24.6 Å². The minimum absolute atomic E-state index is 0.250. The average molecular weight is 350 g/mol. The van der Waals surface area contributed by atoms with Gasteiger partial charge in [-0.2, -0.15) is 0 Å². The molecule has 0 aliphatic carbocycles. The first kappa shape index (κ1) is 15.5. The molecule has 0 fully saturated rings. The standard InChI is InChI=1S/C15H12ClN3O3S/c1-2-9-13(10-3-4-11(16)23-10)22-19-14(9)18-15(21)8-5-6-17-12(20)7-8/h3-7H,2H2,1H3,(H,17,20)(H,18,19,21). The molecular formula is C15H12ClN3O3S. The van der Waals surface area contributed by atoms with Crippen LogP contribution in [0.25, 0.3) is 10.6 Å². The topological polar surface area (TPSA) is 88.0 Å². The first-order chi connectivity index (χ1) is 11.1. The van der Waals surface area contributed by atoms with Crippen LogP contribution in [0.15, 0.2) is 39.8 Å². The number of carbonyl (C=O) groups is 1. The van der Waals surface area contributed by atoms with Gasteiger partial charge in [0.15, 0.2) is 11.6 Å². The Morgan fingerprint density at radius 2 is 2.26 bits per heavy atom. The molecule has 0 radical (unpaired) electrons. The summed E-state index contributed by atoms with van der Waals surface area (Å²) in [6.07, 6.45) is 2.04. The van der Waals surface area contributed by atoms with Crippen molar-refractivity contribution in [3.8, 4) is 10.6 Å². The molecule has 3 rings (SSSR count). The lowest BCUT2D eigenvalue weighted by molar-refractivity contribution is 0.102. The van der Waals surface area contributed by atoms with Crippen molar-refractivity contribution in [1.29, 1.82) is 0 Å². The van der Waals surface area contributed by atoms with E-state index in [2.05, 4.69) is 15.5 Å². The summed E-state index contributed by atoms with van der Waals surface area (Å²) >= 11 is 7.32. The molecular weight excluding hydrogens is 338 g/mol. The molecule has 0 aliphatic heterocycles. The number of hydrogen-bond donors (Lipinski definition) is 2. The van der Waals surface area contributed by atoms with Crippen molar-refractivity contribution in [3.63, 3.8) is 0 Å². The maximum atomic E-state index is 12.2. The number of H-pyrrole nitrogens is 1. The third kappa shape index (κ3) is 3.20. The van der Waals surface area contributed by atoms with Crippen molar-refractivity contribution in [1.82, 2.24) is 10.1 Å². The second-order valence-corrected chi connectivity index (χ2v) is 6.41. The van der Waals surface area contributed by atoms with Crippen molar-refractivity contribution < 1.29 is 9.32 Å². The van der Waals surface area contributed by atoms with Crippen molar-refractivity contribution in [2.75, 3.05) is 5.32 Å². The van der Waals surface area contributed by atoms with Crippen LogP contribution in [-0.2, 0) is 6.42 Å². The van der Waals surface area contributed by atoms with Gasteiger partial charge in [-0.1, -0.05) is 23.7 Å². The number of nitrogens with one attached hydrogen (secondary N) is 2. The van der Waals surface area contributed by atoms with Crippen molar-refractivity contribution in [2.45, 2.75) is 13.3 Å². The van der Waals surface area contributed by atoms with E-state index in [1.54, 1.807) is 6.07 Å². The summed E-state index contributed by atoms with van der Waals surface area (Å²) in [6.45, 7) is 1.94. The third-order valence-electron chi connectivity index (χ3n) is 3.21. The molecule has 3 aromatic heterocycles. The Bertz CT molecular complexity index is 913.